The van der Waals surface area contributed by atoms with Crippen LogP contribution in [-0.4, -0.2) is 17.7 Å². The van der Waals surface area contributed by atoms with Crippen molar-refractivity contribution in [3.63, 3.8) is 0 Å². The minimum absolute atomic E-state index is 0.150. The quantitative estimate of drug-likeness (QED) is 0.880. The number of hydrogen-bond acceptors (Lipinski definition) is 3. The zero-order valence-electron chi connectivity index (χ0n) is 10.4. The van der Waals surface area contributed by atoms with Crippen LogP contribution in [-0.2, 0) is 19.1 Å². The number of pyridine rings is 1. The van der Waals surface area contributed by atoms with E-state index >= 15 is 0 Å². The van der Waals surface area contributed by atoms with Gasteiger partial charge in [0.05, 0.1) is 5.56 Å². The van der Waals surface area contributed by atoms with Gasteiger partial charge in [-0.1, -0.05) is 0 Å². The van der Waals surface area contributed by atoms with E-state index in [0.29, 0.717) is 37.9 Å². The first-order valence-electron chi connectivity index (χ1n) is 6.23. The highest BCUT2D eigenvalue weighted by molar-refractivity contribution is 5.51. The Balaban J connectivity index is 2.60. The van der Waals surface area contributed by atoms with Crippen LogP contribution < -0.4 is 16.6 Å². The van der Waals surface area contributed by atoms with Crippen LogP contribution in [0.4, 0.5) is 19.0 Å². The van der Waals surface area contributed by atoms with E-state index in [1.807, 2.05) is 0 Å². The van der Waals surface area contributed by atoms with Gasteiger partial charge in [0, 0.05) is 24.7 Å². The lowest BCUT2D eigenvalue weighted by Crippen LogP contribution is -2.32. The van der Waals surface area contributed by atoms with Crippen LogP contribution in [0.2, 0.25) is 0 Å². The Morgan fingerprint density at radius 2 is 2.16 bits per heavy atom. The largest absolute Gasteiger partial charge is 0.417 e. The molecule has 0 fully saturated rings. The van der Waals surface area contributed by atoms with Crippen LogP contribution in [0.3, 0.4) is 0 Å². The van der Waals surface area contributed by atoms with Crippen LogP contribution in [0.5, 0.6) is 0 Å². The van der Waals surface area contributed by atoms with Gasteiger partial charge in [0.15, 0.2) is 0 Å². The van der Waals surface area contributed by atoms with Gasteiger partial charge in [-0.2, -0.15) is 13.2 Å². The molecule has 0 bridgehead atoms. The molecule has 0 amide bonds. The highest BCUT2D eigenvalue weighted by Crippen LogP contribution is 2.35. The number of anilines is 1. The molecular weight excluding hydrogens is 259 g/mol. The lowest BCUT2D eigenvalue weighted by atomic mass is 10.0. The predicted molar refractivity (Wildman–Crippen MR) is 66.2 cm³/mol. The van der Waals surface area contributed by atoms with E-state index in [4.69, 9.17) is 5.73 Å². The summed E-state index contributed by atoms with van der Waals surface area (Å²) < 4.78 is 40.4. The second kappa shape index (κ2) is 5.24. The molecule has 106 valence electrons. The molecule has 4 nitrogen and oxygen atoms in total. The van der Waals surface area contributed by atoms with Crippen molar-refractivity contribution in [1.82, 2.24) is 4.57 Å². The van der Waals surface area contributed by atoms with E-state index in [9.17, 15) is 18.0 Å². The number of nitrogens with one attached hydrogen (secondary N) is 1. The maximum Gasteiger partial charge on any atom is 0.417 e. The Hall–Kier alpha value is -1.50. The third-order valence-corrected chi connectivity index (χ3v) is 3.20. The average molecular weight is 275 g/mol. The van der Waals surface area contributed by atoms with E-state index in [0.717, 1.165) is 6.42 Å². The molecule has 0 atom stereocenters. The molecule has 0 radical (unpaired) electrons. The first kappa shape index (κ1) is 13.9. The number of rotatable bonds is 3. The minimum atomic E-state index is -4.52. The number of hydrogen-bond donors (Lipinski definition) is 2. The maximum absolute atomic E-state index is 13.0. The van der Waals surface area contributed by atoms with E-state index in [1.165, 1.54) is 4.57 Å². The fourth-order valence-corrected chi connectivity index (χ4v) is 2.34. The molecule has 2 rings (SSSR count). The Kier molecular flexibility index (Phi) is 3.84. The van der Waals surface area contributed by atoms with Gasteiger partial charge in [-0.15, -0.1) is 0 Å². The van der Waals surface area contributed by atoms with Crippen LogP contribution in [0.15, 0.2) is 10.9 Å². The van der Waals surface area contributed by atoms with Crippen LogP contribution in [0, 0.1) is 0 Å². The van der Waals surface area contributed by atoms with Gasteiger partial charge in [-0.3, -0.25) is 9.36 Å². The van der Waals surface area contributed by atoms with Crippen LogP contribution in [0.25, 0.3) is 0 Å². The van der Waals surface area contributed by atoms with Crippen molar-refractivity contribution in [3.8, 4) is 0 Å². The molecule has 0 spiro atoms. The Labute approximate surface area is 108 Å². The topological polar surface area (TPSA) is 60.1 Å². The lowest BCUT2D eigenvalue weighted by molar-refractivity contribution is -0.138. The number of alkyl halides is 3. The number of nitrogens with zero attached hydrogens (tertiary/aromatic N) is 1. The summed E-state index contributed by atoms with van der Waals surface area (Å²) in [6.07, 6.45) is -3.11. The molecule has 1 aromatic heterocycles. The predicted octanol–water partition coefficient (Wildman–Crippen LogP) is 1.57. The SMILES string of the molecule is NCCCc1c(C(F)(F)F)cc(=O)n2c1NCCC2. The van der Waals surface area contributed by atoms with Gasteiger partial charge >= 0.3 is 6.18 Å². The van der Waals surface area contributed by atoms with E-state index in [2.05, 4.69) is 5.32 Å². The fraction of sp³-hybridized carbons (Fsp3) is 0.583. The van der Waals surface area contributed by atoms with Gasteiger partial charge in [0.25, 0.3) is 5.56 Å². The standard InChI is InChI=1S/C12H16F3N3O/c13-12(14,15)9-7-10(19)18-6-2-5-17-11(18)8(9)3-1-4-16/h7,17H,1-6,16H2. The summed E-state index contributed by atoms with van der Waals surface area (Å²) in [5.74, 6) is 0.305. The first-order valence-corrected chi connectivity index (χ1v) is 6.23. The smallest absolute Gasteiger partial charge is 0.371 e. The zero-order valence-corrected chi connectivity index (χ0v) is 10.4. The van der Waals surface area contributed by atoms with Gasteiger partial charge in [0.1, 0.15) is 5.82 Å². The molecular formula is C12H16F3N3O. The van der Waals surface area contributed by atoms with Crippen molar-refractivity contribution in [2.75, 3.05) is 18.4 Å². The van der Waals surface area contributed by atoms with Gasteiger partial charge < -0.3 is 11.1 Å². The molecule has 19 heavy (non-hydrogen) atoms. The van der Waals surface area contributed by atoms with Gasteiger partial charge in [-0.05, 0) is 25.8 Å². The lowest BCUT2D eigenvalue weighted by Gasteiger charge is -2.25. The zero-order chi connectivity index (χ0) is 14.0. The highest BCUT2D eigenvalue weighted by atomic mass is 19.4. The van der Waals surface area contributed by atoms with E-state index in [-0.39, 0.29) is 12.0 Å². The molecule has 0 unspecified atom stereocenters. The normalized spacial score (nSPS) is 14.9. The number of fused-ring (bicyclic) bond motifs is 1. The number of halogens is 3. The van der Waals surface area contributed by atoms with Crippen molar-refractivity contribution < 1.29 is 13.2 Å². The Bertz CT molecular complexity index is 522. The molecule has 7 heteroatoms. The van der Waals surface area contributed by atoms with Crippen LogP contribution in [0.1, 0.15) is 24.0 Å². The number of aromatic nitrogens is 1. The first-order chi connectivity index (χ1) is 8.95. The van der Waals surface area contributed by atoms with Gasteiger partial charge in [-0.25, -0.2) is 0 Å². The number of nitrogens with two attached hydrogens (primary N) is 1. The van der Waals surface area contributed by atoms with Crippen molar-refractivity contribution in [2.24, 2.45) is 5.73 Å². The summed E-state index contributed by atoms with van der Waals surface area (Å²) in [4.78, 5) is 11.8. The highest BCUT2D eigenvalue weighted by Gasteiger charge is 2.36. The molecule has 1 aliphatic rings. The summed E-state index contributed by atoms with van der Waals surface area (Å²) in [7, 11) is 0. The monoisotopic (exact) mass is 275 g/mol. The van der Waals surface area contributed by atoms with E-state index < -0.39 is 17.3 Å². The van der Waals surface area contributed by atoms with Crippen LogP contribution >= 0.6 is 0 Å². The molecule has 0 saturated carbocycles. The summed E-state index contributed by atoms with van der Waals surface area (Å²) >= 11 is 0. The summed E-state index contributed by atoms with van der Waals surface area (Å²) in [5.41, 5.74) is 4.07. The molecule has 0 aromatic carbocycles. The van der Waals surface area contributed by atoms with Crippen molar-refractivity contribution in [2.45, 2.75) is 32.0 Å². The van der Waals surface area contributed by atoms with Crippen molar-refractivity contribution in [1.29, 1.82) is 0 Å². The Morgan fingerprint density at radius 3 is 2.79 bits per heavy atom. The second-order valence-electron chi connectivity index (χ2n) is 4.55. The van der Waals surface area contributed by atoms with Crippen molar-refractivity contribution >= 4 is 5.82 Å². The molecule has 0 aliphatic carbocycles. The molecule has 1 aliphatic heterocycles. The van der Waals surface area contributed by atoms with Gasteiger partial charge in [0.2, 0.25) is 0 Å². The minimum Gasteiger partial charge on any atom is -0.371 e. The second-order valence-corrected chi connectivity index (χ2v) is 4.55. The third-order valence-electron chi connectivity index (χ3n) is 3.20. The average Bonchev–Trinajstić information content (AvgIpc) is 2.36. The molecule has 2 heterocycles. The summed E-state index contributed by atoms with van der Waals surface area (Å²) in [5, 5.41) is 2.92. The summed E-state index contributed by atoms with van der Waals surface area (Å²) in [6, 6.07) is 0.697. The third kappa shape index (κ3) is 2.75. The molecule has 1 aromatic rings. The fourth-order valence-electron chi connectivity index (χ4n) is 2.34. The molecule has 0 saturated heterocycles. The summed E-state index contributed by atoms with van der Waals surface area (Å²) in [6.45, 7) is 1.35. The molecule has 3 N–H and O–H groups in total. The van der Waals surface area contributed by atoms with E-state index in [1.54, 1.807) is 0 Å². The maximum atomic E-state index is 13.0. The van der Waals surface area contributed by atoms with Crippen molar-refractivity contribution in [3.05, 3.63) is 27.5 Å². The Morgan fingerprint density at radius 1 is 1.42 bits per heavy atom.